The first kappa shape index (κ1) is 13.3. The van der Waals surface area contributed by atoms with E-state index in [0.29, 0.717) is 5.88 Å². The Morgan fingerprint density at radius 2 is 2.19 bits per heavy atom. The lowest BCUT2D eigenvalue weighted by Crippen LogP contribution is -2.44. The predicted octanol–water partition coefficient (Wildman–Crippen LogP) is 2.90. The van der Waals surface area contributed by atoms with Gasteiger partial charge in [-0.1, -0.05) is 15.9 Å². The van der Waals surface area contributed by atoms with Crippen molar-refractivity contribution in [1.82, 2.24) is 5.32 Å². The maximum absolute atomic E-state index is 11.8. The molecule has 1 aromatic carbocycles. The average molecular weight is 307 g/mol. The maximum atomic E-state index is 11.8. The first-order chi connectivity index (χ1) is 7.35. The molecule has 16 heavy (non-hydrogen) atoms. The molecule has 1 aromatic rings. The van der Waals surface area contributed by atoms with Crippen LogP contribution in [0.25, 0.3) is 0 Å². The van der Waals surface area contributed by atoms with Gasteiger partial charge in [0.05, 0.1) is 5.56 Å². The number of halogens is 2. The van der Waals surface area contributed by atoms with Crippen LogP contribution in [0.1, 0.15) is 24.2 Å². The molecule has 5 heteroatoms. The minimum absolute atomic E-state index is 0.0499. The summed E-state index contributed by atoms with van der Waals surface area (Å²) in [4.78, 5) is 11.8. The van der Waals surface area contributed by atoms with Gasteiger partial charge in [-0.3, -0.25) is 4.79 Å². The van der Waals surface area contributed by atoms with E-state index in [1.165, 1.54) is 6.07 Å². The first-order valence-electron chi connectivity index (χ1n) is 4.73. The first-order valence-corrected chi connectivity index (χ1v) is 6.05. The molecule has 0 atom stereocenters. The molecular formula is C11H13BrClNO2. The van der Waals surface area contributed by atoms with E-state index in [4.69, 9.17) is 11.6 Å². The van der Waals surface area contributed by atoms with Crippen molar-refractivity contribution in [1.29, 1.82) is 0 Å². The molecule has 0 spiro atoms. The largest absolute Gasteiger partial charge is 0.507 e. The van der Waals surface area contributed by atoms with Crippen LogP contribution in [0.2, 0.25) is 0 Å². The number of benzene rings is 1. The van der Waals surface area contributed by atoms with Gasteiger partial charge in [0, 0.05) is 15.9 Å². The van der Waals surface area contributed by atoms with Gasteiger partial charge in [0.1, 0.15) is 5.75 Å². The van der Waals surface area contributed by atoms with Crippen molar-refractivity contribution in [2.45, 2.75) is 19.4 Å². The van der Waals surface area contributed by atoms with Gasteiger partial charge in [-0.2, -0.15) is 0 Å². The molecule has 3 nitrogen and oxygen atoms in total. The van der Waals surface area contributed by atoms with Crippen LogP contribution in [-0.2, 0) is 0 Å². The van der Waals surface area contributed by atoms with Gasteiger partial charge in [-0.25, -0.2) is 0 Å². The SMILES string of the molecule is CC(C)(CCl)NC(=O)c1cc(Br)ccc1O. The Balaban J connectivity index is 2.93. The fraction of sp³-hybridized carbons (Fsp3) is 0.364. The van der Waals surface area contributed by atoms with Crippen LogP contribution in [0.4, 0.5) is 0 Å². The lowest BCUT2D eigenvalue weighted by atomic mass is 10.1. The highest BCUT2D eigenvalue weighted by Gasteiger charge is 2.21. The number of hydrogen-bond acceptors (Lipinski definition) is 2. The second kappa shape index (κ2) is 5.06. The molecule has 0 heterocycles. The number of rotatable bonds is 3. The Labute approximate surface area is 108 Å². The zero-order valence-electron chi connectivity index (χ0n) is 9.05. The number of aromatic hydroxyl groups is 1. The van der Waals surface area contributed by atoms with Crippen LogP contribution < -0.4 is 5.32 Å². The van der Waals surface area contributed by atoms with Gasteiger partial charge >= 0.3 is 0 Å². The number of phenolic OH excluding ortho intramolecular Hbond substituents is 1. The zero-order valence-corrected chi connectivity index (χ0v) is 11.4. The molecule has 1 rings (SSSR count). The van der Waals surface area contributed by atoms with E-state index in [1.54, 1.807) is 12.1 Å². The third-order valence-corrected chi connectivity index (χ3v) is 3.15. The highest BCUT2D eigenvalue weighted by atomic mass is 79.9. The van der Waals surface area contributed by atoms with Crippen molar-refractivity contribution >= 4 is 33.4 Å². The molecule has 0 radical (unpaired) electrons. The molecular weight excluding hydrogens is 293 g/mol. The van der Waals surface area contributed by atoms with Crippen LogP contribution in [-0.4, -0.2) is 22.4 Å². The summed E-state index contributed by atoms with van der Waals surface area (Å²) in [6, 6.07) is 4.69. The molecule has 0 aliphatic rings. The molecule has 0 unspecified atom stereocenters. The fourth-order valence-corrected chi connectivity index (χ4v) is 1.53. The second-order valence-corrected chi connectivity index (χ2v) is 5.32. The fourth-order valence-electron chi connectivity index (χ4n) is 1.10. The lowest BCUT2D eigenvalue weighted by molar-refractivity contribution is 0.0917. The van der Waals surface area contributed by atoms with Gasteiger partial charge < -0.3 is 10.4 Å². The quantitative estimate of drug-likeness (QED) is 0.844. The lowest BCUT2D eigenvalue weighted by Gasteiger charge is -2.23. The summed E-state index contributed by atoms with van der Waals surface area (Å²) in [5.41, 5.74) is -0.277. The van der Waals surface area contributed by atoms with Crippen LogP contribution in [0.15, 0.2) is 22.7 Å². The summed E-state index contributed by atoms with van der Waals surface area (Å²) in [5.74, 6) is -0.0939. The van der Waals surface area contributed by atoms with E-state index >= 15 is 0 Å². The number of carbonyl (C=O) groups is 1. The predicted molar refractivity (Wildman–Crippen MR) is 68.1 cm³/mol. The number of amides is 1. The van der Waals surface area contributed by atoms with Gasteiger partial charge in [0.25, 0.3) is 5.91 Å². The van der Waals surface area contributed by atoms with Crippen LogP contribution in [0.5, 0.6) is 5.75 Å². The van der Waals surface area contributed by atoms with Crippen LogP contribution >= 0.6 is 27.5 Å². The number of hydrogen-bond donors (Lipinski definition) is 2. The van der Waals surface area contributed by atoms with E-state index in [9.17, 15) is 9.90 Å². The van der Waals surface area contributed by atoms with Crippen molar-refractivity contribution in [3.8, 4) is 5.75 Å². The summed E-state index contributed by atoms with van der Waals surface area (Å²) >= 11 is 8.95. The van der Waals surface area contributed by atoms with Gasteiger partial charge in [0.2, 0.25) is 0 Å². The summed E-state index contributed by atoms with van der Waals surface area (Å²) in [5, 5.41) is 12.3. The highest BCUT2D eigenvalue weighted by molar-refractivity contribution is 9.10. The van der Waals surface area contributed by atoms with E-state index in [2.05, 4.69) is 21.2 Å². The molecule has 0 bridgehead atoms. The third-order valence-electron chi connectivity index (χ3n) is 1.99. The smallest absolute Gasteiger partial charge is 0.255 e. The number of carbonyl (C=O) groups excluding carboxylic acids is 1. The zero-order chi connectivity index (χ0) is 12.3. The van der Waals surface area contributed by atoms with E-state index in [0.717, 1.165) is 4.47 Å². The number of nitrogens with one attached hydrogen (secondary N) is 1. The molecule has 0 fully saturated rings. The van der Waals surface area contributed by atoms with Crippen molar-refractivity contribution in [3.63, 3.8) is 0 Å². The minimum atomic E-state index is -0.507. The molecule has 0 aliphatic heterocycles. The minimum Gasteiger partial charge on any atom is -0.507 e. The molecule has 2 N–H and O–H groups in total. The Hall–Kier alpha value is -0.740. The van der Waals surface area contributed by atoms with Gasteiger partial charge in [-0.15, -0.1) is 11.6 Å². The standard InChI is InChI=1S/C11H13BrClNO2/c1-11(2,6-13)14-10(16)8-5-7(12)3-4-9(8)15/h3-5,15H,6H2,1-2H3,(H,14,16). The third kappa shape index (κ3) is 3.39. The summed E-state index contributed by atoms with van der Waals surface area (Å²) in [6.45, 7) is 3.62. The maximum Gasteiger partial charge on any atom is 0.255 e. The molecule has 0 saturated heterocycles. The summed E-state index contributed by atoms with van der Waals surface area (Å²) in [7, 11) is 0. The van der Waals surface area contributed by atoms with Gasteiger partial charge in [0.15, 0.2) is 0 Å². The molecule has 0 saturated carbocycles. The highest BCUT2D eigenvalue weighted by Crippen LogP contribution is 2.22. The van der Waals surface area contributed by atoms with Crippen molar-refractivity contribution in [2.75, 3.05) is 5.88 Å². The molecule has 1 amide bonds. The van der Waals surface area contributed by atoms with Crippen molar-refractivity contribution in [3.05, 3.63) is 28.2 Å². The topological polar surface area (TPSA) is 49.3 Å². The Kier molecular flexibility index (Phi) is 4.21. The Morgan fingerprint density at radius 1 is 1.56 bits per heavy atom. The molecule has 0 aromatic heterocycles. The second-order valence-electron chi connectivity index (χ2n) is 4.13. The average Bonchev–Trinajstić information content (AvgIpc) is 2.21. The summed E-state index contributed by atoms with van der Waals surface area (Å²) < 4.78 is 0.735. The molecule has 0 aliphatic carbocycles. The normalized spacial score (nSPS) is 11.2. The Bertz CT molecular complexity index is 407. The Morgan fingerprint density at radius 3 is 2.75 bits per heavy atom. The van der Waals surface area contributed by atoms with E-state index in [1.807, 2.05) is 13.8 Å². The van der Waals surface area contributed by atoms with Gasteiger partial charge in [-0.05, 0) is 32.0 Å². The number of phenols is 1. The van der Waals surface area contributed by atoms with Crippen LogP contribution in [0, 0.1) is 0 Å². The van der Waals surface area contributed by atoms with Crippen molar-refractivity contribution in [2.24, 2.45) is 0 Å². The van der Waals surface area contributed by atoms with E-state index in [-0.39, 0.29) is 17.2 Å². The summed E-state index contributed by atoms with van der Waals surface area (Å²) in [6.07, 6.45) is 0. The molecule has 88 valence electrons. The van der Waals surface area contributed by atoms with Crippen LogP contribution in [0.3, 0.4) is 0 Å². The number of alkyl halides is 1. The van der Waals surface area contributed by atoms with E-state index < -0.39 is 5.54 Å². The van der Waals surface area contributed by atoms with Crippen molar-refractivity contribution < 1.29 is 9.90 Å². The monoisotopic (exact) mass is 305 g/mol.